The van der Waals surface area contributed by atoms with E-state index in [0.29, 0.717) is 23.3 Å². The van der Waals surface area contributed by atoms with Crippen LogP contribution in [0.5, 0.6) is 0 Å². The van der Waals surface area contributed by atoms with Gasteiger partial charge in [0, 0.05) is 18.3 Å². The Morgan fingerprint density at radius 3 is 2.59 bits per heavy atom. The quantitative estimate of drug-likeness (QED) is 0.392. The second-order valence-corrected chi connectivity index (χ2v) is 7.80. The predicted octanol–water partition coefficient (Wildman–Crippen LogP) is 4.95. The molecule has 2 amide bonds. The van der Waals surface area contributed by atoms with Gasteiger partial charge in [-0.05, 0) is 55.0 Å². The summed E-state index contributed by atoms with van der Waals surface area (Å²) in [6.45, 7) is 2.67. The van der Waals surface area contributed by atoms with Crippen molar-refractivity contribution in [3.63, 3.8) is 0 Å². The number of imide groups is 1. The van der Waals surface area contributed by atoms with Gasteiger partial charge in [0.05, 0.1) is 27.9 Å². The molecule has 2 N–H and O–H groups in total. The van der Waals surface area contributed by atoms with E-state index in [1.165, 1.54) is 36.4 Å². The Hall–Kier alpha value is -4.53. The smallest absolute Gasteiger partial charge is 0.335 e. The van der Waals surface area contributed by atoms with Gasteiger partial charge in [0.1, 0.15) is 11.3 Å². The molecule has 1 aliphatic heterocycles. The molecule has 0 saturated carbocycles. The number of carbonyl (C=O) groups is 3. The van der Waals surface area contributed by atoms with Crippen LogP contribution >= 0.6 is 0 Å². The van der Waals surface area contributed by atoms with E-state index in [-0.39, 0.29) is 33.9 Å². The van der Waals surface area contributed by atoms with Crippen LogP contribution in [0.1, 0.15) is 44.4 Å². The highest BCUT2D eigenvalue weighted by Crippen LogP contribution is 2.36. The Bertz CT molecular complexity index is 1490. The number of halogens is 1. The number of oxazole rings is 1. The summed E-state index contributed by atoms with van der Waals surface area (Å²) < 4.78 is 19.4. The predicted molar refractivity (Wildman–Crippen MR) is 123 cm³/mol. The molecule has 34 heavy (non-hydrogen) atoms. The first-order valence-electron chi connectivity index (χ1n) is 10.6. The molecule has 0 fully saturated rings. The number of amides is 2. The van der Waals surface area contributed by atoms with Crippen molar-refractivity contribution in [1.82, 2.24) is 4.98 Å². The first kappa shape index (κ1) is 21.3. The van der Waals surface area contributed by atoms with E-state index < -0.39 is 23.6 Å². The van der Waals surface area contributed by atoms with Crippen LogP contribution in [0.3, 0.4) is 0 Å². The summed E-state index contributed by atoms with van der Waals surface area (Å²) in [5.41, 5.74) is 2.23. The number of rotatable bonds is 6. The SMILES string of the molecule is CCCNc1ccc(N2C(=O)c3ccc(C(=O)O)cc3C2=O)cc1-c1nc2ccc(F)cc2o1. The second kappa shape index (κ2) is 8.11. The number of anilines is 2. The molecule has 0 spiro atoms. The summed E-state index contributed by atoms with van der Waals surface area (Å²) in [6.07, 6.45) is 0.851. The number of aromatic nitrogens is 1. The molecular formula is C25H18FN3O5. The number of hydrogen-bond acceptors (Lipinski definition) is 6. The van der Waals surface area contributed by atoms with Gasteiger partial charge in [-0.3, -0.25) is 9.59 Å². The van der Waals surface area contributed by atoms with Crippen LogP contribution in [0.25, 0.3) is 22.6 Å². The lowest BCUT2D eigenvalue weighted by molar-refractivity contribution is 0.0696. The summed E-state index contributed by atoms with van der Waals surface area (Å²) in [7, 11) is 0. The zero-order chi connectivity index (χ0) is 24.0. The zero-order valence-electron chi connectivity index (χ0n) is 18.0. The highest BCUT2D eigenvalue weighted by molar-refractivity contribution is 6.34. The van der Waals surface area contributed by atoms with Crippen LogP contribution in [-0.2, 0) is 0 Å². The Labute approximate surface area is 192 Å². The Morgan fingerprint density at radius 1 is 1.03 bits per heavy atom. The van der Waals surface area contributed by atoms with Crippen molar-refractivity contribution in [3.05, 3.63) is 77.1 Å². The van der Waals surface area contributed by atoms with Crippen molar-refractivity contribution in [2.45, 2.75) is 13.3 Å². The summed E-state index contributed by atoms with van der Waals surface area (Å²) in [6, 6.07) is 12.8. The Balaban J connectivity index is 1.60. The average Bonchev–Trinajstić information content (AvgIpc) is 3.35. The van der Waals surface area contributed by atoms with E-state index in [9.17, 15) is 23.9 Å². The molecule has 0 aliphatic carbocycles. The first-order valence-corrected chi connectivity index (χ1v) is 10.6. The van der Waals surface area contributed by atoms with Crippen LogP contribution in [0.4, 0.5) is 15.8 Å². The van der Waals surface area contributed by atoms with Crippen LogP contribution in [0.15, 0.2) is 59.0 Å². The zero-order valence-corrected chi connectivity index (χ0v) is 18.0. The van der Waals surface area contributed by atoms with Crippen molar-refractivity contribution < 1.29 is 28.3 Å². The minimum Gasteiger partial charge on any atom is -0.478 e. The largest absolute Gasteiger partial charge is 0.478 e. The molecule has 8 nitrogen and oxygen atoms in total. The van der Waals surface area contributed by atoms with Gasteiger partial charge in [0.15, 0.2) is 5.58 Å². The third-order valence-electron chi connectivity index (χ3n) is 5.54. The lowest BCUT2D eigenvalue weighted by Crippen LogP contribution is -2.29. The van der Waals surface area contributed by atoms with Crippen LogP contribution in [0, 0.1) is 5.82 Å². The molecule has 0 saturated heterocycles. The molecule has 0 unspecified atom stereocenters. The number of nitrogens with one attached hydrogen (secondary N) is 1. The molecule has 5 rings (SSSR count). The maximum Gasteiger partial charge on any atom is 0.335 e. The van der Waals surface area contributed by atoms with Crippen molar-refractivity contribution in [3.8, 4) is 11.5 Å². The number of carboxylic acid groups (broad SMARTS) is 1. The Kier molecular flexibility index (Phi) is 5.09. The van der Waals surface area contributed by atoms with Crippen LogP contribution in [0.2, 0.25) is 0 Å². The number of carbonyl (C=O) groups excluding carboxylic acids is 2. The molecule has 170 valence electrons. The molecule has 2 heterocycles. The van der Waals surface area contributed by atoms with E-state index in [1.54, 1.807) is 18.2 Å². The first-order chi connectivity index (χ1) is 16.4. The number of aromatic carboxylic acids is 1. The minimum atomic E-state index is -1.19. The fraction of sp³-hybridized carbons (Fsp3) is 0.120. The van der Waals surface area contributed by atoms with Crippen LogP contribution < -0.4 is 10.2 Å². The molecule has 0 atom stereocenters. The van der Waals surface area contributed by atoms with E-state index in [4.69, 9.17) is 4.42 Å². The van der Waals surface area contributed by atoms with Gasteiger partial charge in [-0.15, -0.1) is 0 Å². The monoisotopic (exact) mass is 459 g/mol. The van der Waals surface area contributed by atoms with Gasteiger partial charge in [0.2, 0.25) is 5.89 Å². The lowest BCUT2D eigenvalue weighted by Gasteiger charge is -2.17. The highest BCUT2D eigenvalue weighted by Gasteiger charge is 2.37. The minimum absolute atomic E-state index is 0.0250. The summed E-state index contributed by atoms with van der Waals surface area (Å²) >= 11 is 0. The lowest BCUT2D eigenvalue weighted by atomic mass is 10.1. The van der Waals surface area contributed by atoms with E-state index in [1.807, 2.05) is 6.92 Å². The number of nitrogens with zero attached hydrogens (tertiary/aromatic N) is 2. The van der Waals surface area contributed by atoms with E-state index in [0.717, 1.165) is 11.3 Å². The van der Waals surface area contributed by atoms with Gasteiger partial charge in [-0.2, -0.15) is 0 Å². The summed E-state index contributed by atoms with van der Waals surface area (Å²) in [5, 5.41) is 12.5. The van der Waals surface area contributed by atoms with Crippen molar-refractivity contribution >= 4 is 40.3 Å². The number of carboxylic acids is 1. The maximum atomic E-state index is 13.6. The normalized spacial score (nSPS) is 12.9. The number of hydrogen-bond donors (Lipinski definition) is 2. The standard InChI is InChI=1S/C25H18FN3O5/c1-2-9-27-19-8-5-15(12-18(19)22-28-20-7-4-14(26)11-21(20)34-22)29-23(30)16-6-3-13(25(32)33)10-17(16)24(29)31/h3-8,10-12,27H,2,9H2,1H3,(H,32,33). The molecule has 9 heteroatoms. The van der Waals surface area contributed by atoms with Gasteiger partial charge < -0.3 is 14.8 Å². The summed E-state index contributed by atoms with van der Waals surface area (Å²) in [5.74, 6) is -2.63. The van der Waals surface area contributed by atoms with Gasteiger partial charge in [-0.25, -0.2) is 19.1 Å². The second-order valence-electron chi connectivity index (χ2n) is 7.80. The number of fused-ring (bicyclic) bond motifs is 2. The average molecular weight is 459 g/mol. The molecule has 3 aromatic carbocycles. The van der Waals surface area contributed by atoms with Crippen molar-refractivity contribution in [1.29, 1.82) is 0 Å². The summed E-state index contributed by atoms with van der Waals surface area (Å²) in [4.78, 5) is 42.9. The molecule has 0 radical (unpaired) electrons. The maximum absolute atomic E-state index is 13.6. The van der Waals surface area contributed by atoms with Crippen molar-refractivity contribution in [2.24, 2.45) is 0 Å². The van der Waals surface area contributed by atoms with Crippen molar-refractivity contribution in [2.75, 3.05) is 16.8 Å². The van der Waals surface area contributed by atoms with E-state index >= 15 is 0 Å². The van der Waals surface area contributed by atoms with Gasteiger partial charge in [0.25, 0.3) is 11.8 Å². The van der Waals surface area contributed by atoms with Gasteiger partial charge >= 0.3 is 5.97 Å². The highest BCUT2D eigenvalue weighted by atomic mass is 19.1. The van der Waals surface area contributed by atoms with E-state index in [2.05, 4.69) is 10.3 Å². The molecule has 1 aliphatic rings. The molecule has 1 aromatic heterocycles. The third kappa shape index (κ3) is 3.47. The Morgan fingerprint density at radius 2 is 1.82 bits per heavy atom. The number of benzene rings is 3. The fourth-order valence-electron chi connectivity index (χ4n) is 3.88. The van der Waals surface area contributed by atoms with Crippen LogP contribution in [-0.4, -0.2) is 34.4 Å². The molecule has 0 bridgehead atoms. The topological polar surface area (TPSA) is 113 Å². The molecular weight excluding hydrogens is 441 g/mol. The fourth-order valence-corrected chi connectivity index (χ4v) is 3.88. The third-order valence-corrected chi connectivity index (χ3v) is 5.54. The molecule has 4 aromatic rings. The van der Waals surface area contributed by atoms with Gasteiger partial charge in [-0.1, -0.05) is 6.92 Å².